The van der Waals surface area contributed by atoms with Gasteiger partial charge in [-0.2, -0.15) is 4.31 Å². The van der Waals surface area contributed by atoms with Crippen molar-refractivity contribution in [3.63, 3.8) is 0 Å². The van der Waals surface area contributed by atoms with Gasteiger partial charge in [0.15, 0.2) is 0 Å². The molecule has 1 fully saturated rings. The fourth-order valence-electron chi connectivity index (χ4n) is 4.24. The van der Waals surface area contributed by atoms with Crippen molar-refractivity contribution in [1.82, 2.24) is 9.21 Å². The SMILES string of the molecule is COc1ccc(C(=O)O)cc1S(=O)(=O)N1CCN(C(c2ccccc2)c2ccccc2)CC1.[Cl-]. The van der Waals surface area contributed by atoms with Crippen molar-refractivity contribution >= 4 is 16.0 Å². The van der Waals surface area contributed by atoms with Crippen molar-refractivity contribution in [3.05, 3.63) is 95.6 Å². The monoisotopic (exact) mass is 501 g/mol. The predicted molar refractivity (Wildman–Crippen MR) is 125 cm³/mol. The molecule has 1 aliphatic rings. The number of rotatable bonds is 7. The molecule has 1 saturated heterocycles. The van der Waals surface area contributed by atoms with E-state index >= 15 is 0 Å². The number of nitrogens with zero attached hydrogens (tertiary/aromatic N) is 2. The van der Waals surface area contributed by atoms with Gasteiger partial charge in [-0.3, -0.25) is 4.90 Å². The van der Waals surface area contributed by atoms with Gasteiger partial charge < -0.3 is 22.3 Å². The molecule has 1 aliphatic heterocycles. The third kappa shape index (κ3) is 5.26. The van der Waals surface area contributed by atoms with Crippen LogP contribution in [0.5, 0.6) is 5.75 Å². The molecule has 0 saturated carbocycles. The summed E-state index contributed by atoms with van der Waals surface area (Å²) in [7, 11) is -2.55. The van der Waals surface area contributed by atoms with Crippen LogP contribution >= 0.6 is 0 Å². The molecule has 9 heteroatoms. The molecule has 34 heavy (non-hydrogen) atoms. The first-order valence-electron chi connectivity index (χ1n) is 10.7. The van der Waals surface area contributed by atoms with Gasteiger partial charge in [-0.15, -0.1) is 0 Å². The molecule has 0 bridgehead atoms. The van der Waals surface area contributed by atoms with E-state index in [0.717, 1.165) is 11.1 Å². The highest BCUT2D eigenvalue weighted by Crippen LogP contribution is 2.32. The lowest BCUT2D eigenvalue weighted by Crippen LogP contribution is -3.00. The summed E-state index contributed by atoms with van der Waals surface area (Å²) in [5, 5.41) is 9.31. The maximum Gasteiger partial charge on any atom is 0.335 e. The highest BCUT2D eigenvalue weighted by Gasteiger charge is 2.34. The lowest BCUT2D eigenvalue weighted by Gasteiger charge is -2.39. The Bertz CT molecular complexity index is 1180. The van der Waals surface area contributed by atoms with Gasteiger partial charge in [-0.1, -0.05) is 60.7 Å². The summed E-state index contributed by atoms with van der Waals surface area (Å²) in [6.07, 6.45) is 0. The standard InChI is InChI=1S/C25H26N2O5S.ClH/c1-32-22-13-12-21(25(28)29)18-23(22)33(30,31)27-16-14-26(15-17-27)24(19-8-4-2-5-9-19)20-10-6-3-7-11-20;/h2-13,18,24H,14-17H2,1H3,(H,28,29);1H/p-1. The molecule has 0 aromatic heterocycles. The quantitative estimate of drug-likeness (QED) is 0.507. The van der Waals surface area contributed by atoms with Crippen LogP contribution < -0.4 is 17.1 Å². The van der Waals surface area contributed by atoms with Crippen LogP contribution in [0, 0.1) is 0 Å². The number of methoxy groups -OCH3 is 1. The maximum atomic E-state index is 13.4. The second-order valence-electron chi connectivity index (χ2n) is 7.83. The van der Waals surface area contributed by atoms with Gasteiger partial charge in [0.1, 0.15) is 10.6 Å². The number of hydrogen-bond donors (Lipinski definition) is 1. The number of benzene rings is 3. The van der Waals surface area contributed by atoms with Gasteiger partial charge in [0.2, 0.25) is 10.0 Å². The molecule has 1 heterocycles. The second-order valence-corrected chi connectivity index (χ2v) is 9.74. The maximum absolute atomic E-state index is 13.4. The third-order valence-electron chi connectivity index (χ3n) is 5.90. The van der Waals surface area contributed by atoms with Gasteiger partial charge >= 0.3 is 5.97 Å². The van der Waals surface area contributed by atoms with E-state index in [-0.39, 0.29) is 34.7 Å². The molecule has 0 spiro atoms. The molecular formula is C25H26ClN2O5S-. The molecule has 1 N–H and O–H groups in total. The van der Waals surface area contributed by atoms with Crippen LogP contribution in [0.3, 0.4) is 0 Å². The van der Waals surface area contributed by atoms with Crippen LogP contribution in [0.2, 0.25) is 0 Å². The molecule has 180 valence electrons. The average Bonchev–Trinajstić information content (AvgIpc) is 2.85. The number of ether oxygens (including phenoxy) is 1. The van der Waals surface area contributed by atoms with E-state index in [4.69, 9.17) is 4.74 Å². The molecular weight excluding hydrogens is 476 g/mol. The summed E-state index contributed by atoms with van der Waals surface area (Å²) in [6.45, 7) is 1.65. The summed E-state index contributed by atoms with van der Waals surface area (Å²) in [6, 6.07) is 24.2. The Morgan fingerprint density at radius 1 is 0.882 bits per heavy atom. The van der Waals surface area contributed by atoms with Crippen LogP contribution in [-0.2, 0) is 10.0 Å². The first-order chi connectivity index (χ1) is 15.9. The fourth-order valence-corrected chi connectivity index (χ4v) is 5.84. The molecule has 0 radical (unpaired) electrons. The Morgan fingerprint density at radius 3 is 1.88 bits per heavy atom. The predicted octanol–water partition coefficient (Wildman–Crippen LogP) is 0.493. The minimum absolute atomic E-state index is 0. The average molecular weight is 502 g/mol. The topological polar surface area (TPSA) is 87.1 Å². The van der Waals surface area contributed by atoms with E-state index in [2.05, 4.69) is 29.2 Å². The molecule has 3 aromatic rings. The van der Waals surface area contributed by atoms with E-state index in [0.29, 0.717) is 26.2 Å². The minimum Gasteiger partial charge on any atom is -1.00 e. The third-order valence-corrected chi connectivity index (χ3v) is 7.82. The van der Waals surface area contributed by atoms with Crippen LogP contribution in [0.4, 0.5) is 0 Å². The number of carboxylic acid groups (broad SMARTS) is 1. The van der Waals surface area contributed by atoms with Gasteiger partial charge in [0.05, 0.1) is 18.7 Å². The minimum atomic E-state index is -3.92. The van der Waals surface area contributed by atoms with Crippen molar-refractivity contribution in [3.8, 4) is 5.75 Å². The van der Waals surface area contributed by atoms with Gasteiger partial charge in [0.25, 0.3) is 0 Å². The number of sulfonamides is 1. The van der Waals surface area contributed by atoms with Gasteiger partial charge in [-0.25, -0.2) is 13.2 Å². The van der Waals surface area contributed by atoms with Crippen LogP contribution in [0.25, 0.3) is 0 Å². The Balaban J connectivity index is 0.00000324. The lowest BCUT2D eigenvalue weighted by molar-refractivity contribution is -0.0000251. The number of halogens is 1. The molecule has 0 amide bonds. The fraction of sp³-hybridized carbons (Fsp3) is 0.240. The van der Waals surface area contributed by atoms with Crippen molar-refractivity contribution in [2.24, 2.45) is 0 Å². The van der Waals surface area contributed by atoms with Gasteiger partial charge in [-0.05, 0) is 29.3 Å². The zero-order chi connectivity index (χ0) is 23.4. The van der Waals surface area contributed by atoms with E-state index in [1.54, 1.807) is 0 Å². The summed E-state index contributed by atoms with van der Waals surface area (Å²) >= 11 is 0. The van der Waals surface area contributed by atoms with E-state index < -0.39 is 16.0 Å². The Labute approximate surface area is 206 Å². The summed E-state index contributed by atoms with van der Waals surface area (Å²) in [5.74, 6) is -1.05. The zero-order valence-electron chi connectivity index (χ0n) is 18.7. The molecule has 4 rings (SSSR count). The van der Waals surface area contributed by atoms with Crippen molar-refractivity contribution in [2.45, 2.75) is 10.9 Å². The number of piperazine rings is 1. The number of hydrogen-bond acceptors (Lipinski definition) is 5. The highest BCUT2D eigenvalue weighted by molar-refractivity contribution is 7.89. The summed E-state index contributed by atoms with van der Waals surface area (Å²) < 4.78 is 33.4. The smallest absolute Gasteiger partial charge is 0.335 e. The normalized spacial score (nSPS) is 15.0. The Hall–Kier alpha value is -2.91. The van der Waals surface area contributed by atoms with Crippen molar-refractivity contribution in [2.75, 3.05) is 33.3 Å². The van der Waals surface area contributed by atoms with Gasteiger partial charge in [0, 0.05) is 26.2 Å². The molecule has 7 nitrogen and oxygen atoms in total. The van der Waals surface area contributed by atoms with E-state index in [1.165, 1.54) is 29.6 Å². The van der Waals surface area contributed by atoms with Crippen LogP contribution in [-0.4, -0.2) is 62.0 Å². The largest absolute Gasteiger partial charge is 1.00 e. The summed E-state index contributed by atoms with van der Waals surface area (Å²) in [5.41, 5.74) is 2.20. The van der Waals surface area contributed by atoms with Crippen molar-refractivity contribution in [1.29, 1.82) is 0 Å². The van der Waals surface area contributed by atoms with Crippen LogP contribution in [0.1, 0.15) is 27.5 Å². The molecule has 0 aliphatic carbocycles. The van der Waals surface area contributed by atoms with Crippen molar-refractivity contribution < 1.29 is 35.5 Å². The number of carbonyl (C=O) groups is 1. The Kier molecular flexibility index (Phi) is 8.33. The zero-order valence-corrected chi connectivity index (χ0v) is 20.2. The van der Waals surface area contributed by atoms with E-state index in [9.17, 15) is 18.3 Å². The van der Waals surface area contributed by atoms with E-state index in [1.807, 2.05) is 36.4 Å². The number of aromatic carboxylic acids is 1. The number of carboxylic acids is 1. The molecule has 0 atom stereocenters. The first-order valence-corrected chi connectivity index (χ1v) is 12.1. The lowest BCUT2D eigenvalue weighted by atomic mass is 9.96. The highest BCUT2D eigenvalue weighted by atomic mass is 35.5. The second kappa shape index (κ2) is 11.0. The molecule has 0 unspecified atom stereocenters. The first kappa shape index (κ1) is 25.7. The van der Waals surface area contributed by atoms with Crippen LogP contribution in [0.15, 0.2) is 83.8 Å². The Morgan fingerprint density at radius 2 is 1.41 bits per heavy atom. The molecule has 3 aromatic carbocycles. The summed E-state index contributed by atoms with van der Waals surface area (Å²) in [4.78, 5) is 13.5.